The van der Waals surface area contributed by atoms with Crippen LogP contribution in [-0.4, -0.2) is 23.1 Å². The van der Waals surface area contributed by atoms with Crippen molar-refractivity contribution in [3.63, 3.8) is 0 Å². The molecule has 0 aliphatic carbocycles. The minimum Gasteiger partial charge on any atom is -0.423 e. The maximum absolute atomic E-state index is 12.3. The number of amides is 1. The zero-order chi connectivity index (χ0) is 14.7. The molecule has 0 atom stereocenters. The molecule has 102 valence electrons. The number of carbonyl (C=O) groups is 1. The van der Waals surface area contributed by atoms with Gasteiger partial charge in [0.2, 0.25) is 0 Å². The Morgan fingerprint density at radius 2 is 1.80 bits per heavy atom. The van der Waals surface area contributed by atoms with E-state index >= 15 is 0 Å². The number of nitrogens with one attached hydrogen (secondary N) is 1. The van der Waals surface area contributed by atoms with Crippen LogP contribution < -0.4 is 10.8 Å². The first-order chi connectivity index (χ1) is 9.49. The number of rotatable bonds is 3. The van der Waals surface area contributed by atoms with Crippen molar-refractivity contribution in [3.8, 4) is 0 Å². The van der Waals surface area contributed by atoms with Crippen LogP contribution in [0.15, 0.2) is 42.5 Å². The van der Waals surface area contributed by atoms with E-state index in [1.807, 2.05) is 32.0 Å². The van der Waals surface area contributed by atoms with Gasteiger partial charge in [0.25, 0.3) is 5.91 Å². The molecule has 2 rings (SSSR count). The molecule has 2 aromatic rings. The van der Waals surface area contributed by atoms with Crippen molar-refractivity contribution in [1.82, 2.24) is 0 Å². The standard InChI is InChI=1S/C15H16BNO3/c1-10-7-8-11(2)14(9-10)17-15(18)12-5-3-4-6-13(12)16(19)20/h3-9,19-20H,1-2H3,(H,17,18). The molecule has 4 nitrogen and oxygen atoms in total. The topological polar surface area (TPSA) is 69.6 Å². The Kier molecular flexibility index (Phi) is 4.22. The van der Waals surface area contributed by atoms with Crippen LogP contribution in [0.4, 0.5) is 5.69 Å². The lowest BCUT2D eigenvalue weighted by molar-refractivity contribution is 0.102. The summed E-state index contributed by atoms with van der Waals surface area (Å²) in [6.07, 6.45) is 0. The second-order valence-corrected chi connectivity index (χ2v) is 4.73. The van der Waals surface area contributed by atoms with Crippen molar-refractivity contribution in [1.29, 1.82) is 0 Å². The second-order valence-electron chi connectivity index (χ2n) is 4.73. The van der Waals surface area contributed by atoms with Crippen LogP contribution in [0.5, 0.6) is 0 Å². The molecule has 0 fully saturated rings. The predicted molar refractivity (Wildman–Crippen MR) is 80.1 cm³/mol. The molecule has 3 N–H and O–H groups in total. The molecular weight excluding hydrogens is 253 g/mol. The summed E-state index contributed by atoms with van der Waals surface area (Å²) in [5, 5.41) is 21.4. The summed E-state index contributed by atoms with van der Waals surface area (Å²) in [6, 6.07) is 12.2. The fourth-order valence-electron chi connectivity index (χ4n) is 1.99. The third-order valence-electron chi connectivity index (χ3n) is 3.12. The van der Waals surface area contributed by atoms with E-state index in [0.717, 1.165) is 16.8 Å². The van der Waals surface area contributed by atoms with E-state index in [1.54, 1.807) is 18.2 Å². The molecule has 0 spiro atoms. The molecule has 0 bridgehead atoms. The second kappa shape index (κ2) is 5.90. The minimum atomic E-state index is -1.67. The molecule has 0 radical (unpaired) electrons. The lowest BCUT2D eigenvalue weighted by Crippen LogP contribution is -2.36. The average molecular weight is 269 g/mol. The van der Waals surface area contributed by atoms with Crippen LogP contribution in [-0.2, 0) is 0 Å². The van der Waals surface area contributed by atoms with Crippen molar-refractivity contribution in [3.05, 3.63) is 59.2 Å². The Hall–Kier alpha value is -2.11. The third kappa shape index (κ3) is 3.07. The zero-order valence-corrected chi connectivity index (χ0v) is 11.4. The van der Waals surface area contributed by atoms with Gasteiger partial charge in [-0.2, -0.15) is 0 Å². The molecule has 0 aliphatic heterocycles. The van der Waals surface area contributed by atoms with E-state index in [0.29, 0.717) is 0 Å². The Morgan fingerprint density at radius 3 is 2.50 bits per heavy atom. The summed E-state index contributed by atoms with van der Waals surface area (Å²) < 4.78 is 0. The zero-order valence-electron chi connectivity index (χ0n) is 11.4. The normalized spacial score (nSPS) is 10.2. The first-order valence-corrected chi connectivity index (χ1v) is 6.32. The quantitative estimate of drug-likeness (QED) is 0.734. The lowest BCUT2D eigenvalue weighted by Gasteiger charge is -2.12. The first-order valence-electron chi connectivity index (χ1n) is 6.32. The van der Waals surface area contributed by atoms with E-state index in [4.69, 9.17) is 0 Å². The van der Waals surface area contributed by atoms with E-state index in [1.165, 1.54) is 6.07 Å². The summed E-state index contributed by atoms with van der Waals surface area (Å²) in [6.45, 7) is 3.85. The highest BCUT2D eigenvalue weighted by molar-refractivity contribution is 6.60. The van der Waals surface area contributed by atoms with Crippen LogP contribution >= 0.6 is 0 Å². The fourth-order valence-corrected chi connectivity index (χ4v) is 1.99. The summed E-state index contributed by atoms with van der Waals surface area (Å²) in [7, 11) is -1.67. The number of hydrogen-bond acceptors (Lipinski definition) is 3. The van der Waals surface area contributed by atoms with Gasteiger partial charge >= 0.3 is 7.12 Å². The summed E-state index contributed by atoms with van der Waals surface area (Å²) in [5.41, 5.74) is 3.16. The molecule has 0 saturated carbocycles. The molecule has 0 heterocycles. The van der Waals surface area contributed by atoms with E-state index in [-0.39, 0.29) is 16.9 Å². The summed E-state index contributed by atoms with van der Waals surface area (Å²) >= 11 is 0. The van der Waals surface area contributed by atoms with Gasteiger partial charge in [0, 0.05) is 11.3 Å². The van der Waals surface area contributed by atoms with Gasteiger partial charge in [0.05, 0.1) is 0 Å². The number of hydrogen-bond donors (Lipinski definition) is 3. The Labute approximate surface area is 118 Å². The van der Waals surface area contributed by atoms with Gasteiger partial charge < -0.3 is 15.4 Å². The summed E-state index contributed by atoms with van der Waals surface area (Å²) in [4.78, 5) is 12.3. The van der Waals surface area contributed by atoms with Crippen molar-refractivity contribution in [2.24, 2.45) is 0 Å². The third-order valence-corrected chi connectivity index (χ3v) is 3.12. The van der Waals surface area contributed by atoms with Crippen LogP contribution in [0.25, 0.3) is 0 Å². The largest absolute Gasteiger partial charge is 0.489 e. The number of aryl methyl sites for hydroxylation is 2. The SMILES string of the molecule is Cc1ccc(C)c(NC(=O)c2ccccc2B(O)O)c1. The van der Waals surface area contributed by atoms with Gasteiger partial charge in [-0.3, -0.25) is 4.79 Å². The highest BCUT2D eigenvalue weighted by atomic mass is 16.4. The highest BCUT2D eigenvalue weighted by Gasteiger charge is 2.20. The van der Waals surface area contributed by atoms with Crippen molar-refractivity contribution in [2.75, 3.05) is 5.32 Å². The summed E-state index contributed by atoms with van der Waals surface area (Å²) in [5.74, 6) is -0.359. The average Bonchev–Trinajstić information content (AvgIpc) is 2.42. The highest BCUT2D eigenvalue weighted by Crippen LogP contribution is 2.17. The van der Waals surface area contributed by atoms with Crippen LogP contribution in [0.1, 0.15) is 21.5 Å². The predicted octanol–water partition coefficient (Wildman–Crippen LogP) is 1.24. The Balaban J connectivity index is 2.31. The molecule has 2 aromatic carbocycles. The molecule has 0 aromatic heterocycles. The van der Waals surface area contributed by atoms with Crippen LogP contribution in [0.3, 0.4) is 0 Å². The maximum atomic E-state index is 12.3. The molecule has 5 heteroatoms. The molecule has 0 unspecified atom stereocenters. The van der Waals surface area contributed by atoms with Crippen LogP contribution in [0, 0.1) is 13.8 Å². The minimum absolute atomic E-state index is 0.190. The van der Waals surface area contributed by atoms with Gasteiger partial charge in [-0.05, 0) is 42.6 Å². The van der Waals surface area contributed by atoms with E-state index < -0.39 is 7.12 Å². The fraction of sp³-hybridized carbons (Fsp3) is 0.133. The first kappa shape index (κ1) is 14.3. The van der Waals surface area contributed by atoms with Crippen molar-refractivity contribution in [2.45, 2.75) is 13.8 Å². The maximum Gasteiger partial charge on any atom is 0.489 e. The van der Waals surface area contributed by atoms with Crippen LogP contribution in [0.2, 0.25) is 0 Å². The van der Waals surface area contributed by atoms with Gasteiger partial charge in [-0.15, -0.1) is 0 Å². The lowest BCUT2D eigenvalue weighted by atomic mass is 9.77. The van der Waals surface area contributed by atoms with Gasteiger partial charge in [-0.1, -0.05) is 30.3 Å². The molecule has 1 amide bonds. The molecule has 20 heavy (non-hydrogen) atoms. The monoisotopic (exact) mass is 269 g/mol. The van der Waals surface area contributed by atoms with Gasteiger partial charge in [0.15, 0.2) is 0 Å². The smallest absolute Gasteiger partial charge is 0.423 e. The molecule has 0 saturated heterocycles. The number of benzene rings is 2. The molecule has 0 aliphatic rings. The van der Waals surface area contributed by atoms with E-state index in [9.17, 15) is 14.8 Å². The van der Waals surface area contributed by atoms with Crippen molar-refractivity contribution >= 4 is 24.2 Å². The Bertz CT molecular complexity index is 641. The molecular formula is C15H16BNO3. The number of carbonyl (C=O) groups excluding carboxylic acids is 1. The van der Waals surface area contributed by atoms with Gasteiger partial charge in [0.1, 0.15) is 0 Å². The Morgan fingerprint density at radius 1 is 1.10 bits per heavy atom. The number of anilines is 1. The van der Waals surface area contributed by atoms with Crippen molar-refractivity contribution < 1.29 is 14.8 Å². The van der Waals surface area contributed by atoms with E-state index in [2.05, 4.69) is 5.32 Å². The van der Waals surface area contributed by atoms with Gasteiger partial charge in [-0.25, -0.2) is 0 Å².